The zero-order chi connectivity index (χ0) is 14.7. The highest BCUT2D eigenvalue weighted by molar-refractivity contribution is 7.11. The number of amides is 1. The van der Waals surface area contributed by atoms with E-state index in [0.29, 0.717) is 16.2 Å². The molecule has 1 heterocycles. The fourth-order valence-corrected chi connectivity index (χ4v) is 2.86. The standard InChI is InChI=1S/C15H11ClN2OS/c1-9(15(18)19)4-12-6-11(8-20-12)13-3-2-10(7-17)5-14(13)16/h2-6,8H,1H3,(H2,18,19)/b9-4+. The number of nitrogens with zero attached hydrogens (tertiary/aromatic N) is 1. The fourth-order valence-electron chi connectivity index (χ4n) is 1.67. The molecular formula is C15H11ClN2OS. The molecule has 0 saturated heterocycles. The van der Waals surface area contributed by atoms with E-state index in [2.05, 4.69) is 0 Å². The molecule has 1 amide bonds. The first-order chi connectivity index (χ1) is 9.51. The SMILES string of the molecule is C/C(=C\c1cc(-c2ccc(C#N)cc2Cl)cs1)C(N)=O. The lowest BCUT2D eigenvalue weighted by atomic mass is 10.1. The number of carbonyl (C=O) groups is 1. The topological polar surface area (TPSA) is 66.9 Å². The molecule has 0 spiro atoms. The highest BCUT2D eigenvalue weighted by atomic mass is 35.5. The van der Waals surface area contributed by atoms with E-state index >= 15 is 0 Å². The van der Waals surface area contributed by atoms with Crippen LogP contribution in [0.4, 0.5) is 0 Å². The van der Waals surface area contributed by atoms with Crippen molar-refractivity contribution in [3.05, 3.63) is 50.7 Å². The molecule has 2 N–H and O–H groups in total. The first-order valence-corrected chi connectivity index (χ1v) is 7.03. The third kappa shape index (κ3) is 3.08. The minimum Gasteiger partial charge on any atom is -0.366 e. The van der Waals surface area contributed by atoms with Gasteiger partial charge in [0.05, 0.1) is 11.6 Å². The van der Waals surface area contributed by atoms with E-state index in [1.165, 1.54) is 11.3 Å². The van der Waals surface area contributed by atoms with Crippen LogP contribution < -0.4 is 5.73 Å². The Balaban J connectivity index is 2.37. The average Bonchev–Trinajstić information content (AvgIpc) is 2.86. The molecule has 0 aliphatic carbocycles. The van der Waals surface area contributed by atoms with E-state index in [1.54, 1.807) is 25.1 Å². The van der Waals surface area contributed by atoms with Crippen molar-refractivity contribution < 1.29 is 4.79 Å². The van der Waals surface area contributed by atoms with Crippen LogP contribution in [0.15, 0.2) is 35.2 Å². The van der Waals surface area contributed by atoms with Crippen LogP contribution in [0.2, 0.25) is 5.02 Å². The Morgan fingerprint density at radius 3 is 2.80 bits per heavy atom. The first kappa shape index (κ1) is 14.3. The van der Waals surface area contributed by atoms with Gasteiger partial charge in [0.2, 0.25) is 5.91 Å². The molecule has 0 saturated carbocycles. The summed E-state index contributed by atoms with van der Waals surface area (Å²) in [6.07, 6.45) is 1.74. The van der Waals surface area contributed by atoms with Gasteiger partial charge in [0, 0.05) is 21.0 Å². The minimum absolute atomic E-state index is 0.434. The summed E-state index contributed by atoms with van der Waals surface area (Å²) in [6, 6.07) is 9.16. The summed E-state index contributed by atoms with van der Waals surface area (Å²) in [4.78, 5) is 11.9. The summed E-state index contributed by atoms with van der Waals surface area (Å²) < 4.78 is 0. The maximum Gasteiger partial charge on any atom is 0.244 e. The second-order valence-electron chi connectivity index (χ2n) is 4.24. The van der Waals surface area contributed by atoms with Gasteiger partial charge in [-0.2, -0.15) is 5.26 Å². The van der Waals surface area contributed by atoms with Gasteiger partial charge >= 0.3 is 0 Å². The maximum atomic E-state index is 11.0. The van der Waals surface area contributed by atoms with E-state index in [0.717, 1.165) is 16.0 Å². The van der Waals surface area contributed by atoms with E-state index in [9.17, 15) is 4.79 Å². The highest BCUT2D eigenvalue weighted by Gasteiger charge is 2.07. The Hall–Kier alpha value is -2.09. The third-order valence-electron chi connectivity index (χ3n) is 2.78. The second-order valence-corrected chi connectivity index (χ2v) is 5.59. The van der Waals surface area contributed by atoms with Gasteiger partial charge in [-0.1, -0.05) is 17.7 Å². The number of rotatable bonds is 3. The lowest BCUT2D eigenvalue weighted by Gasteiger charge is -2.01. The molecule has 0 unspecified atom stereocenters. The molecule has 3 nitrogen and oxygen atoms in total. The number of nitriles is 1. The number of benzene rings is 1. The van der Waals surface area contributed by atoms with E-state index in [1.807, 2.05) is 23.6 Å². The minimum atomic E-state index is -0.434. The van der Waals surface area contributed by atoms with Gasteiger partial charge in [-0.25, -0.2) is 0 Å². The Labute approximate surface area is 125 Å². The molecule has 0 atom stereocenters. The lowest BCUT2D eigenvalue weighted by Crippen LogP contribution is -2.11. The van der Waals surface area contributed by atoms with Crippen LogP contribution in [0.5, 0.6) is 0 Å². The van der Waals surface area contributed by atoms with Crippen molar-refractivity contribution in [3.63, 3.8) is 0 Å². The van der Waals surface area contributed by atoms with Crippen molar-refractivity contribution in [3.8, 4) is 17.2 Å². The molecule has 1 aromatic carbocycles. The Kier molecular flexibility index (Phi) is 4.23. The lowest BCUT2D eigenvalue weighted by molar-refractivity contribution is -0.114. The maximum absolute atomic E-state index is 11.0. The zero-order valence-corrected chi connectivity index (χ0v) is 12.3. The van der Waals surface area contributed by atoms with Gasteiger partial charge in [0.15, 0.2) is 0 Å². The van der Waals surface area contributed by atoms with Crippen molar-refractivity contribution >= 4 is 34.9 Å². The van der Waals surface area contributed by atoms with Gasteiger partial charge in [-0.05, 0) is 42.1 Å². The summed E-state index contributed by atoms with van der Waals surface area (Å²) in [5, 5.41) is 11.3. The average molecular weight is 303 g/mol. The molecule has 0 aliphatic rings. The molecule has 1 aromatic heterocycles. The molecule has 100 valence electrons. The monoisotopic (exact) mass is 302 g/mol. The molecular weight excluding hydrogens is 292 g/mol. The fraction of sp³-hybridized carbons (Fsp3) is 0.0667. The van der Waals surface area contributed by atoms with Crippen molar-refractivity contribution in [2.24, 2.45) is 5.73 Å². The largest absolute Gasteiger partial charge is 0.366 e. The predicted octanol–water partition coefficient (Wildman–Crippen LogP) is 3.83. The molecule has 0 radical (unpaired) electrons. The van der Waals surface area contributed by atoms with Crippen LogP contribution in [-0.4, -0.2) is 5.91 Å². The third-order valence-corrected chi connectivity index (χ3v) is 3.97. The molecule has 5 heteroatoms. The number of hydrogen-bond donors (Lipinski definition) is 1. The number of primary amides is 1. The van der Waals surface area contributed by atoms with Crippen molar-refractivity contribution in [1.29, 1.82) is 5.26 Å². The van der Waals surface area contributed by atoms with E-state index < -0.39 is 5.91 Å². The number of hydrogen-bond acceptors (Lipinski definition) is 3. The molecule has 0 fully saturated rings. The van der Waals surface area contributed by atoms with Crippen LogP contribution in [0.1, 0.15) is 17.4 Å². The van der Waals surface area contributed by atoms with Crippen LogP contribution in [0, 0.1) is 11.3 Å². The second kappa shape index (κ2) is 5.91. The zero-order valence-electron chi connectivity index (χ0n) is 10.7. The van der Waals surface area contributed by atoms with E-state index in [-0.39, 0.29) is 0 Å². The smallest absolute Gasteiger partial charge is 0.244 e. The van der Waals surface area contributed by atoms with Crippen molar-refractivity contribution in [2.45, 2.75) is 6.92 Å². The number of halogens is 1. The molecule has 2 rings (SSSR count). The molecule has 0 bridgehead atoms. The van der Waals surface area contributed by atoms with Gasteiger partial charge < -0.3 is 5.73 Å². The summed E-state index contributed by atoms with van der Waals surface area (Å²) in [5.41, 5.74) is 8.05. The predicted molar refractivity (Wildman–Crippen MR) is 82.3 cm³/mol. The van der Waals surface area contributed by atoms with Gasteiger partial charge in [-0.3, -0.25) is 4.79 Å². The van der Waals surface area contributed by atoms with Crippen LogP contribution in [0.3, 0.4) is 0 Å². The Morgan fingerprint density at radius 1 is 1.45 bits per heavy atom. The molecule has 20 heavy (non-hydrogen) atoms. The number of carbonyl (C=O) groups excluding carboxylic acids is 1. The molecule has 2 aromatic rings. The van der Waals surface area contributed by atoms with Gasteiger partial charge in [-0.15, -0.1) is 11.3 Å². The normalized spacial score (nSPS) is 11.2. The van der Waals surface area contributed by atoms with Crippen molar-refractivity contribution in [2.75, 3.05) is 0 Å². The number of thiophene rings is 1. The summed E-state index contributed by atoms with van der Waals surface area (Å²) in [7, 11) is 0. The molecule has 0 aliphatic heterocycles. The first-order valence-electron chi connectivity index (χ1n) is 5.78. The number of nitrogens with two attached hydrogens (primary N) is 1. The van der Waals surface area contributed by atoms with Crippen LogP contribution >= 0.6 is 22.9 Å². The summed E-state index contributed by atoms with van der Waals surface area (Å²) >= 11 is 7.67. The Morgan fingerprint density at radius 2 is 2.20 bits per heavy atom. The Bertz CT molecular complexity index is 741. The van der Waals surface area contributed by atoms with E-state index in [4.69, 9.17) is 22.6 Å². The van der Waals surface area contributed by atoms with Gasteiger partial charge in [0.25, 0.3) is 0 Å². The quantitative estimate of drug-likeness (QED) is 0.876. The van der Waals surface area contributed by atoms with Crippen molar-refractivity contribution in [1.82, 2.24) is 0 Å². The highest BCUT2D eigenvalue weighted by Crippen LogP contribution is 2.32. The van der Waals surface area contributed by atoms with Crippen LogP contribution in [-0.2, 0) is 4.79 Å². The summed E-state index contributed by atoms with van der Waals surface area (Å²) in [6.45, 7) is 1.68. The van der Waals surface area contributed by atoms with Gasteiger partial charge in [0.1, 0.15) is 0 Å². The van der Waals surface area contributed by atoms with Crippen LogP contribution in [0.25, 0.3) is 17.2 Å². The summed E-state index contributed by atoms with van der Waals surface area (Å²) in [5.74, 6) is -0.434.